The first-order valence-corrected chi connectivity index (χ1v) is 8.94. The van der Waals surface area contributed by atoms with Crippen molar-refractivity contribution in [2.45, 2.75) is 23.7 Å². The molecule has 0 unspecified atom stereocenters. The van der Waals surface area contributed by atoms with Crippen molar-refractivity contribution in [1.82, 2.24) is 14.1 Å². The zero-order chi connectivity index (χ0) is 19.9. The Hall–Kier alpha value is -2.55. The largest absolute Gasteiger partial charge is 0.416 e. The molecule has 0 saturated heterocycles. The van der Waals surface area contributed by atoms with E-state index < -0.39 is 23.0 Å². The van der Waals surface area contributed by atoms with E-state index in [4.69, 9.17) is 0 Å². The molecule has 5 nitrogen and oxygen atoms in total. The highest BCUT2D eigenvalue weighted by molar-refractivity contribution is 7.98. The van der Waals surface area contributed by atoms with E-state index in [0.29, 0.717) is 10.5 Å². The van der Waals surface area contributed by atoms with Crippen LogP contribution in [0.1, 0.15) is 16.7 Å². The smallest absolute Gasteiger partial charge is 0.280 e. The number of hydrogen-bond donors (Lipinski definition) is 0. The first kappa shape index (κ1) is 19.2. The number of aryl methyl sites for hydroxylation is 2. The summed E-state index contributed by atoms with van der Waals surface area (Å²) in [4.78, 5) is 29.5. The van der Waals surface area contributed by atoms with E-state index in [1.165, 1.54) is 36.5 Å². The highest BCUT2D eigenvalue weighted by atomic mass is 32.2. The molecule has 3 aromatic rings. The number of halogens is 3. The lowest BCUT2D eigenvalue weighted by Gasteiger charge is -2.13. The normalized spacial score (nSPS) is 11.9. The lowest BCUT2D eigenvalue weighted by atomic mass is 10.1. The van der Waals surface area contributed by atoms with Crippen LogP contribution in [0.2, 0.25) is 0 Å². The predicted molar refractivity (Wildman–Crippen MR) is 98.0 cm³/mol. The van der Waals surface area contributed by atoms with Gasteiger partial charge in [-0.1, -0.05) is 18.2 Å². The molecule has 0 fully saturated rings. The van der Waals surface area contributed by atoms with Gasteiger partial charge >= 0.3 is 11.9 Å². The van der Waals surface area contributed by atoms with Crippen molar-refractivity contribution in [2.24, 2.45) is 14.1 Å². The number of alkyl halides is 3. The summed E-state index contributed by atoms with van der Waals surface area (Å²) in [5.41, 5.74) is -0.222. The number of thioether (sulfide) groups is 1. The van der Waals surface area contributed by atoms with Gasteiger partial charge in [0.05, 0.1) is 10.9 Å². The Bertz CT molecular complexity index is 1150. The molecule has 0 aliphatic heterocycles. The zero-order valence-electron chi connectivity index (χ0n) is 14.8. The van der Waals surface area contributed by atoms with Crippen LogP contribution in [0.4, 0.5) is 13.2 Å². The van der Waals surface area contributed by atoms with Crippen molar-refractivity contribution in [2.75, 3.05) is 0 Å². The molecule has 0 spiro atoms. The minimum absolute atomic E-state index is 0.246. The second-order valence-corrected chi connectivity index (χ2v) is 7.15. The van der Waals surface area contributed by atoms with Gasteiger partial charge in [0.25, 0.3) is 5.56 Å². The van der Waals surface area contributed by atoms with E-state index in [0.717, 1.165) is 22.3 Å². The molecule has 0 amide bonds. The molecule has 1 aromatic carbocycles. The fourth-order valence-corrected chi connectivity index (χ4v) is 3.87. The van der Waals surface area contributed by atoms with Crippen LogP contribution in [0.3, 0.4) is 0 Å². The van der Waals surface area contributed by atoms with Crippen molar-refractivity contribution < 1.29 is 13.2 Å². The average molecular weight is 395 g/mol. The molecule has 0 radical (unpaired) electrons. The molecule has 27 heavy (non-hydrogen) atoms. The van der Waals surface area contributed by atoms with Crippen LogP contribution in [0.25, 0.3) is 11.0 Å². The van der Waals surface area contributed by atoms with Gasteiger partial charge in [0.1, 0.15) is 5.65 Å². The fraction of sp³-hybridized carbons (Fsp3) is 0.278. The van der Waals surface area contributed by atoms with Gasteiger partial charge in [-0.05, 0) is 24.1 Å². The van der Waals surface area contributed by atoms with Gasteiger partial charge in [-0.15, -0.1) is 11.8 Å². The second-order valence-electron chi connectivity index (χ2n) is 6.16. The number of aromatic nitrogens is 3. The fourth-order valence-electron chi connectivity index (χ4n) is 2.78. The number of rotatable bonds is 3. The van der Waals surface area contributed by atoms with E-state index in [9.17, 15) is 22.8 Å². The topological polar surface area (TPSA) is 56.9 Å². The van der Waals surface area contributed by atoms with Crippen LogP contribution >= 0.6 is 11.8 Å². The van der Waals surface area contributed by atoms with Gasteiger partial charge < -0.3 is 0 Å². The predicted octanol–water partition coefficient (Wildman–Crippen LogP) is 3.25. The minimum Gasteiger partial charge on any atom is -0.280 e. The Kier molecular flexibility index (Phi) is 4.90. The maximum absolute atomic E-state index is 12.9. The number of nitrogens with zero attached hydrogens (tertiary/aromatic N) is 3. The summed E-state index contributed by atoms with van der Waals surface area (Å²) in [6.07, 6.45) is -2.86. The van der Waals surface area contributed by atoms with E-state index in [1.54, 1.807) is 19.2 Å². The van der Waals surface area contributed by atoms with Crippen LogP contribution in [0, 0.1) is 6.92 Å². The lowest BCUT2D eigenvalue weighted by Crippen LogP contribution is -2.37. The van der Waals surface area contributed by atoms with Crippen molar-refractivity contribution in [3.8, 4) is 0 Å². The van der Waals surface area contributed by atoms with E-state index in [1.807, 2.05) is 0 Å². The van der Waals surface area contributed by atoms with Crippen molar-refractivity contribution >= 4 is 22.8 Å². The molecule has 9 heteroatoms. The Morgan fingerprint density at radius 3 is 2.52 bits per heavy atom. The molecule has 3 rings (SSSR count). The summed E-state index contributed by atoms with van der Waals surface area (Å²) < 4.78 is 41.0. The molecule has 0 aliphatic rings. The molecule has 0 atom stereocenters. The SMILES string of the molecule is Cc1cnc2c(c1SCc1cccc(C(F)(F)F)c1)c(=O)n(C)c(=O)n2C. The molecular weight excluding hydrogens is 379 g/mol. The molecule has 0 saturated carbocycles. The van der Waals surface area contributed by atoms with Crippen LogP contribution in [0.15, 0.2) is 44.9 Å². The van der Waals surface area contributed by atoms with Gasteiger partial charge in [0.2, 0.25) is 0 Å². The lowest BCUT2D eigenvalue weighted by molar-refractivity contribution is -0.137. The summed E-state index contributed by atoms with van der Waals surface area (Å²) in [6.45, 7) is 1.77. The summed E-state index contributed by atoms with van der Waals surface area (Å²) in [5.74, 6) is 0.246. The van der Waals surface area contributed by atoms with Crippen molar-refractivity contribution in [3.05, 3.63) is 68.0 Å². The van der Waals surface area contributed by atoms with E-state index in [-0.39, 0.29) is 16.8 Å². The first-order valence-electron chi connectivity index (χ1n) is 7.95. The summed E-state index contributed by atoms with van der Waals surface area (Å²) in [5, 5.41) is 0.288. The first-order chi connectivity index (χ1) is 12.6. The molecule has 2 aromatic heterocycles. The minimum atomic E-state index is -4.41. The third-order valence-electron chi connectivity index (χ3n) is 4.24. The summed E-state index contributed by atoms with van der Waals surface area (Å²) in [6, 6.07) is 5.08. The molecule has 0 bridgehead atoms. The quantitative estimate of drug-likeness (QED) is 0.639. The van der Waals surface area contributed by atoms with Crippen LogP contribution in [-0.4, -0.2) is 14.1 Å². The van der Waals surface area contributed by atoms with Gasteiger partial charge in [0, 0.05) is 30.9 Å². The summed E-state index contributed by atoms with van der Waals surface area (Å²) >= 11 is 1.25. The Morgan fingerprint density at radius 2 is 1.85 bits per heavy atom. The molecule has 0 N–H and O–H groups in total. The van der Waals surface area contributed by atoms with Gasteiger partial charge in [-0.3, -0.25) is 13.9 Å². The number of fused-ring (bicyclic) bond motifs is 1. The second kappa shape index (κ2) is 6.88. The average Bonchev–Trinajstić information content (AvgIpc) is 2.63. The maximum atomic E-state index is 12.9. The zero-order valence-corrected chi connectivity index (χ0v) is 15.6. The summed E-state index contributed by atoms with van der Waals surface area (Å²) in [7, 11) is 2.90. The Labute approximate surface area is 156 Å². The highest BCUT2D eigenvalue weighted by Crippen LogP contribution is 2.33. The standard InChI is InChI=1S/C18H16F3N3O2S/c1-10-8-22-15-13(16(25)24(3)17(26)23(15)2)14(10)27-9-11-5-4-6-12(7-11)18(19,20)21/h4-8H,9H2,1-3H3. The Morgan fingerprint density at radius 1 is 1.15 bits per heavy atom. The van der Waals surface area contributed by atoms with Crippen molar-refractivity contribution in [1.29, 1.82) is 0 Å². The van der Waals surface area contributed by atoms with Crippen LogP contribution in [0.5, 0.6) is 0 Å². The number of hydrogen-bond acceptors (Lipinski definition) is 4. The van der Waals surface area contributed by atoms with Crippen LogP contribution < -0.4 is 11.2 Å². The van der Waals surface area contributed by atoms with Crippen LogP contribution in [-0.2, 0) is 26.0 Å². The van der Waals surface area contributed by atoms with E-state index >= 15 is 0 Å². The Balaban J connectivity index is 2.07. The molecule has 2 heterocycles. The third-order valence-corrected chi connectivity index (χ3v) is 5.53. The maximum Gasteiger partial charge on any atom is 0.416 e. The van der Waals surface area contributed by atoms with Crippen molar-refractivity contribution in [3.63, 3.8) is 0 Å². The number of benzene rings is 1. The highest BCUT2D eigenvalue weighted by Gasteiger charge is 2.30. The number of pyridine rings is 1. The third kappa shape index (κ3) is 3.51. The molecular formula is C18H16F3N3O2S. The van der Waals surface area contributed by atoms with Gasteiger partial charge in [-0.25, -0.2) is 9.78 Å². The molecule has 0 aliphatic carbocycles. The molecule has 142 valence electrons. The monoisotopic (exact) mass is 395 g/mol. The van der Waals surface area contributed by atoms with E-state index in [2.05, 4.69) is 4.98 Å². The van der Waals surface area contributed by atoms with Gasteiger partial charge in [-0.2, -0.15) is 13.2 Å². The van der Waals surface area contributed by atoms with Gasteiger partial charge in [0.15, 0.2) is 0 Å².